The first kappa shape index (κ1) is 31.6. The van der Waals surface area contributed by atoms with E-state index < -0.39 is 24.5 Å². The van der Waals surface area contributed by atoms with E-state index >= 15 is 0 Å². The molecule has 0 spiro atoms. The Morgan fingerprint density at radius 1 is 1.21 bits per heavy atom. The maximum absolute atomic E-state index is 12.8. The molecule has 34 heavy (non-hydrogen) atoms. The molecule has 0 aliphatic rings. The Hall–Kier alpha value is -2.42. The highest BCUT2D eigenvalue weighted by Crippen LogP contribution is 2.24. The van der Waals surface area contributed by atoms with Crippen molar-refractivity contribution in [3.05, 3.63) is 29.3 Å². The van der Waals surface area contributed by atoms with Crippen molar-refractivity contribution in [2.45, 2.75) is 72.9 Å². The van der Waals surface area contributed by atoms with Crippen LogP contribution in [0.1, 0.15) is 64.0 Å². The molecule has 0 saturated heterocycles. The molecule has 9 heteroatoms. The minimum atomic E-state index is -4.56. The van der Waals surface area contributed by atoms with E-state index in [-0.39, 0.29) is 37.1 Å². The van der Waals surface area contributed by atoms with Crippen LogP contribution in [0.5, 0.6) is 0 Å². The van der Waals surface area contributed by atoms with Gasteiger partial charge in [-0.3, -0.25) is 10.8 Å². The van der Waals surface area contributed by atoms with Crippen LogP contribution in [0.15, 0.2) is 18.2 Å². The average molecular weight is 487 g/mol. The first-order valence-corrected chi connectivity index (χ1v) is 11.4. The highest BCUT2D eigenvalue weighted by Gasteiger charge is 2.35. The zero-order chi connectivity index (χ0) is 26.5. The molecule has 0 bridgehead atoms. The third kappa shape index (κ3) is 13.3. The number of nitrogens with one attached hydrogen (secondary N) is 3. The van der Waals surface area contributed by atoms with Crippen LogP contribution in [-0.2, 0) is 4.79 Å². The van der Waals surface area contributed by atoms with E-state index in [9.17, 15) is 18.0 Å². The largest absolute Gasteiger partial charge is 0.406 e. The lowest BCUT2D eigenvalue weighted by molar-refractivity contribution is -0.132. The van der Waals surface area contributed by atoms with E-state index in [2.05, 4.69) is 37.4 Å². The number of hydrogen-bond donors (Lipinski definition) is 4. The number of halogens is 3. The van der Waals surface area contributed by atoms with Crippen LogP contribution >= 0.6 is 0 Å². The Labute approximate surface area is 202 Å². The number of nitrogens with zero attached hydrogens (tertiary/aromatic N) is 1. The van der Waals surface area contributed by atoms with Gasteiger partial charge in [0.25, 0.3) is 0 Å². The standard InChI is InChI=1S/C16H28F3N3O2.C9H13N/c1-15(2,3)8-4-5-13(20)22(11-16(17,18)19)14(21)12(6-9-23)7-10-24;1-7-4-5-9(10-3)8(2)6-7/h9,12,20-21,24H,4-8,10-11H2,1-3H3;4-6,10H,1-3H3/t12-;/m1./s1. The molecule has 0 fully saturated rings. The average Bonchev–Trinajstić information content (AvgIpc) is 2.70. The molecule has 1 atom stereocenters. The van der Waals surface area contributed by atoms with E-state index in [1.807, 2.05) is 27.8 Å². The van der Waals surface area contributed by atoms with Gasteiger partial charge in [0.1, 0.15) is 24.5 Å². The van der Waals surface area contributed by atoms with E-state index in [4.69, 9.17) is 15.9 Å². The Balaban J connectivity index is 0.000000896. The third-order valence-electron chi connectivity index (χ3n) is 5.19. The molecular weight excluding hydrogens is 445 g/mol. The highest BCUT2D eigenvalue weighted by molar-refractivity contribution is 5.99. The molecule has 4 N–H and O–H groups in total. The molecule has 0 heterocycles. The number of anilines is 1. The normalized spacial score (nSPS) is 12.3. The van der Waals surface area contributed by atoms with Gasteiger partial charge in [-0.2, -0.15) is 13.2 Å². The molecule has 194 valence electrons. The molecule has 1 aromatic carbocycles. The third-order valence-corrected chi connectivity index (χ3v) is 5.19. The summed E-state index contributed by atoms with van der Waals surface area (Å²) in [7, 11) is 1.94. The summed E-state index contributed by atoms with van der Waals surface area (Å²) in [5.74, 6) is -1.54. The highest BCUT2D eigenvalue weighted by atomic mass is 19.4. The van der Waals surface area contributed by atoms with Crippen LogP contribution in [-0.4, -0.2) is 54.3 Å². The van der Waals surface area contributed by atoms with Crippen molar-refractivity contribution in [1.82, 2.24) is 4.90 Å². The van der Waals surface area contributed by atoms with Crippen LogP contribution in [0.3, 0.4) is 0 Å². The molecule has 0 radical (unpaired) electrons. The summed E-state index contributed by atoms with van der Waals surface area (Å²) in [6.07, 6.45) is -2.76. The number of rotatable bonds is 10. The van der Waals surface area contributed by atoms with Gasteiger partial charge < -0.3 is 20.1 Å². The maximum atomic E-state index is 12.8. The fraction of sp³-hybridized carbons (Fsp3) is 0.640. The van der Waals surface area contributed by atoms with Gasteiger partial charge >= 0.3 is 6.18 Å². The lowest BCUT2D eigenvalue weighted by Gasteiger charge is -2.30. The summed E-state index contributed by atoms with van der Waals surface area (Å²) in [6.45, 7) is 8.47. The number of benzene rings is 1. The molecule has 6 nitrogen and oxygen atoms in total. The Morgan fingerprint density at radius 2 is 1.82 bits per heavy atom. The van der Waals surface area contributed by atoms with Gasteiger partial charge in [-0.1, -0.05) is 38.5 Å². The van der Waals surface area contributed by atoms with Gasteiger partial charge in [0.05, 0.1) is 0 Å². The summed E-state index contributed by atoms with van der Waals surface area (Å²) in [5.41, 5.74) is 3.85. The second-order valence-electron chi connectivity index (χ2n) is 9.63. The number of aryl methyl sites for hydroxylation is 2. The monoisotopic (exact) mass is 486 g/mol. The molecule has 1 aromatic rings. The number of amidine groups is 2. The molecule has 0 unspecified atom stereocenters. The smallest absolute Gasteiger partial charge is 0.396 e. The molecule has 1 rings (SSSR count). The van der Waals surface area contributed by atoms with E-state index in [1.165, 1.54) is 16.8 Å². The Kier molecular flexibility index (Phi) is 13.7. The fourth-order valence-electron chi connectivity index (χ4n) is 3.38. The number of aliphatic hydroxyl groups excluding tert-OH is 1. The number of carbonyl (C=O) groups is 1. The van der Waals surface area contributed by atoms with Crippen molar-refractivity contribution >= 4 is 23.6 Å². The minimum Gasteiger partial charge on any atom is -0.396 e. The van der Waals surface area contributed by atoms with Crippen molar-refractivity contribution < 1.29 is 23.1 Å². The predicted octanol–water partition coefficient (Wildman–Crippen LogP) is 5.95. The van der Waals surface area contributed by atoms with Crippen LogP contribution in [0.2, 0.25) is 0 Å². The van der Waals surface area contributed by atoms with Crippen molar-refractivity contribution in [2.75, 3.05) is 25.5 Å². The maximum Gasteiger partial charge on any atom is 0.406 e. The number of aliphatic hydroxyl groups is 1. The Bertz CT molecular complexity index is 789. The molecule has 0 aromatic heterocycles. The van der Waals surface area contributed by atoms with E-state index in [0.29, 0.717) is 17.6 Å². The predicted molar refractivity (Wildman–Crippen MR) is 133 cm³/mol. The lowest BCUT2D eigenvalue weighted by Crippen LogP contribution is -2.45. The topological polar surface area (TPSA) is 100 Å². The molecule has 0 aliphatic carbocycles. The van der Waals surface area contributed by atoms with E-state index in [0.717, 1.165) is 6.42 Å². The first-order chi connectivity index (χ1) is 15.6. The number of alkyl halides is 3. The lowest BCUT2D eigenvalue weighted by atomic mass is 9.89. The van der Waals surface area contributed by atoms with Gasteiger partial charge in [-0.05, 0) is 50.2 Å². The number of hydrogen-bond acceptors (Lipinski definition) is 5. The Morgan fingerprint density at radius 3 is 2.26 bits per heavy atom. The number of carbonyl (C=O) groups excluding carboxylic acids is 1. The second-order valence-corrected chi connectivity index (χ2v) is 9.63. The van der Waals surface area contributed by atoms with Gasteiger partial charge in [0.2, 0.25) is 0 Å². The molecular formula is C25H41F3N4O2. The zero-order valence-electron chi connectivity index (χ0n) is 21.3. The van der Waals surface area contributed by atoms with Gasteiger partial charge in [0, 0.05) is 38.1 Å². The van der Waals surface area contributed by atoms with Crippen molar-refractivity contribution in [2.24, 2.45) is 11.3 Å². The summed E-state index contributed by atoms with van der Waals surface area (Å²) >= 11 is 0. The summed E-state index contributed by atoms with van der Waals surface area (Å²) in [4.78, 5) is 11.3. The summed E-state index contributed by atoms with van der Waals surface area (Å²) < 4.78 is 38.5. The second kappa shape index (κ2) is 14.8. The van der Waals surface area contributed by atoms with E-state index in [1.54, 1.807) is 0 Å². The minimum absolute atomic E-state index is 0.0135. The number of aldehydes is 1. The van der Waals surface area contributed by atoms with Crippen LogP contribution < -0.4 is 5.32 Å². The van der Waals surface area contributed by atoms with Crippen molar-refractivity contribution in [3.8, 4) is 0 Å². The molecule has 0 amide bonds. The van der Waals surface area contributed by atoms with Crippen molar-refractivity contribution in [1.29, 1.82) is 10.8 Å². The fourth-order valence-corrected chi connectivity index (χ4v) is 3.38. The van der Waals surface area contributed by atoms with Crippen LogP contribution in [0.25, 0.3) is 0 Å². The first-order valence-electron chi connectivity index (χ1n) is 11.4. The quantitative estimate of drug-likeness (QED) is 0.186. The van der Waals surface area contributed by atoms with Crippen LogP contribution in [0.4, 0.5) is 18.9 Å². The molecule has 0 aliphatic heterocycles. The summed E-state index contributed by atoms with van der Waals surface area (Å²) in [6, 6.07) is 6.38. The molecule has 0 saturated carbocycles. The summed E-state index contributed by atoms with van der Waals surface area (Å²) in [5, 5.41) is 28.1. The van der Waals surface area contributed by atoms with Crippen LogP contribution in [0, 0.1) is 36.0 Å². The van der Waals surface area contributed by atoms with Gasteiger partial charge in [0.15, 0.2) is 0 Å². The van der Waals surface area contributed by atoms with Crippen molar-refractivity contribution in [3.63, 3.8) is 0 Å². The zero-order valence-corrected chi connectivity index (χ0v) is 21.3. The van der Waals surface area contributed by atoms with Gasteiger partial charge in [-0.25, -0.2) is 0 Å². The van der Waals surface area contributed by atoms with Gasteiger partial charge in [-0.15, -0.1) is 0 Å². The SMILES string of the molecule is CC(C)(C)CCCC(=N)N(CC(F)(F)F)C(=N)[C@H](CC=O)CCO.CNc1ccc(C)cc1C.